The molecule has 0 unspecified atom stereocenters. The van der Waals surface area contributed by atoms with E-state index in [0.29, 0.717) is 29.1 Å². The standard InChI is InChI=1S/C14H16BrN3O3/c1-19-11-4-9(14-17-13(6-16)21-18-14)10(15)5-12(11)20-7-8-2-3-8/h4-5,8H,2-3,6-7,16H2,1H3. The van der Waals surface area contributed by atoms with Crippen LogP contribution in [0, 0.1) is 5.92 Å². The van der Waals surface area contributed by atoms with Crippen LogP contribution in [0.5, 0.6) is 11.5 Å². The molecule has 1 saturated carbocycles. The summed E-state index contributed by atoms with van der Waals surface area (Å²) < 4.78 is 17.1. The minimum Gasteiger partial charge on any atom is -0.493 e. The molecular weight excluding hydrogens is 338 g/mol. The normalized spacial score (nSPS) is 14.2. The van der Waals surface area contributed by atoms with Gasteiger partial charge in [-0.1, -0.05) is 5.16 Å². The lowest BCUT2D eigenvalue weighted by Gasteiger charge is -2.12. The molecule has 0 amide bonds. The van der Waals surface area contributed by atoms with Crippen molar-refractivity contribution in [3.63, 3.8) is 0 Å². The average Bonchev–Trinajstić information content (AvgIpc) is 3.21. The second kappa shape index (κ2) is 6.03. The Morgan fingerprint density at radius 2 is 2.19 bits per heavy atom. The van der Waals surface area contributed by atoms with Gasteiger partial charge in [-0.3, -0.25) is 0 Å². The van der Waals surface area contributed by atoms with Crippen molar-refractivity contribution >= 4 is 15.9 Å². The molecule has 7 heteroatoms. The van der Waals surface area contributed by atoms with E-state index in [0.717, 1.165) is 16.6 Å². The summed E-state index contributed by atoms with van der Waals surface area (Å²) in [7, 11) is 1.61. The summed E-state index contributed by atoms with van der Waals surface area (Å²) in [6.45, 7) is 0.937. The molecule has 3 rings (SSSR count). The van der Waals surface area contributed by atoms with Gasteiger partial charge in [0.15, 0.2) is 11.5 Å². The fourth-order valence-corrected chi connectivity index (χ4v) is 2.42. The predicted molar refractivity (Wildman–Crippen MR) is 80.1 cm³/mol. The summed E-state index contributed by atoms with van der Waals surface area (Å²) in [6.07, 6.45) is 2.48. The molecule has 1 fully saturated rings. The predicted octanol–water partition coefficient (Wildman–Crippen LogP) is 2.76. The molecule has 0 saturated heterocycles. The lowest BCUT2D eigenvalue weighted by Crippen LogP contribution is -2.01. The first-order valence-corrected chi connectivity index (χ1v) is 7.54. The van der Waals surface area contributed by atoms with Gasteiger partial charge in [-0.15, -0.1) is 0 Å². The van der Waals surface area contributed by atoms with Crippen molar-refractivity contribution in [1.82, 2.24) is 10.1 Å². The van der Waals surface area contributed by atoms with Crippen molar-refractivity contribution in [3.05, 3.63) is 22.5 Å². The third kappa shape index (κ3) is 3.19. The van der Waals surface area contributed by atoms with E-state index in [1.807, 2.05) is 12.1 Å². The molecule has 2 aromatic rings. The van der Waals surface area contributed by atoms with Crippen LogP contribution in [0.15, 0.2) is 21.1 Å². The maximum atomic E-state index is 5.81. The van der Waals surface area contributed by atoms with Crippen LogP contribution in [-0.2, 0) is 6.54 Å². The van der Waals surface area contributed by atoms with Gasteiger partial charge in [-0.05, 0) is 46.8 Å². The number of nitrogens with zero attached hydrogens (tertiary/aromatic N) is 2. The second-order valence-electron chi connectivity index (χ2n) is 4.95. The molecular formula is C14H16BrN3O3. The van der Waals surface area contributed by atoms with Gasteiger partial charge in [-0.25, -0.2) is 0 Å². The van der Waals surface area contributed by atoms with Gasteiger partial charge >= 0.3 is 0 Å². The maximum absolute atomic E-state index is 5.81. The van der Waals surface area contributed by atoms with Gasteiger partial charge in [-0.2, -0.15) is 4.98 Å². The Hall–Kier alpha value is -1.60. The molecule has 112 valence electrons. The Morgan fingerprint density at radius 3 is 2.81 bits per heavy atom. The molecule has 1 aromatic heterocycles. The fourth-order valence-electron chi connectivity index (χ4n) is 1.92. The van der Waals surface area contributed by atoms with E-state index in [2.05, 4.69) is 26.1 Å². The van der Waals surface area contributed by atoms with Gasteiger partial charge in [0.2, 0.25) is 11.7 Å². The number of hydrogen-bond acceptors (Lipinski definition) is 6. The number of aromatic nitrogens is 2. The third-order valence-electron chi connectivity index (χ3n) is 3.31. The second-order valence-corrected chi connectivity index (χ2v) is 5.81. The van der Waals surface area contributed by atoms with Crippen molar-refractivity contribution in [2.75, 3.05) is 13.7 Å². The van der Waals surface area contributed by atoms with Crippen LogP contribution >= 0.6 is 15.9 Å². The zero-order valence-electron chi connectivity index (χ0n) is 11.6. The van der Waals surface area contributed by atoms with Gasteiger partial charge in [0.25, 0.3) is 0 Å². The van der Waals surface area contributed by atoms with Gasteiger partial charge < -0.3 is 19.7 Å². The fraction of sp³-hybridized carbons (Fsp3) is 0.429. The summed E-state index contributed by atoms with van der Waals surface area (Å²) in [5, 5.41) is 3.91. The molecule has 0 atom stereocenters. The van der Waals surface area contributed by atoms with E-state index in [-0.39, 0.29) is 6.54 Å². The number of rotatable bonds is 6. The van der Waals surface area contributed by atoms with Crippen LogP contribution in [0.25, 0.3) is 11.4 Å². The SMILES string of the molecule is COc1cc(-c2noc(CN)n2)c(Br)cc1OCC1CC1. The number of hydrogen-bond donors (Lipinski definition) is 1. The molecule has 2 N–H and O–H groups in total. The Bertz CT molecular complexity index is 640. The largest absolute Gasteiger partial charge is 0.493 e. The molecule has 1 aliphatic carbocycles. The van der Waals surface area contributed by atoms with E-state index in [1.165, 1.54) is 12.8 Å². The summed E-state index contributed by atoms with van der Waals surface area (Å²) in [5.41, 5.74) is 6.25. The van der Waals surface area contributed by atoms with Crippen molar-refractivity contribution in [3.8, 4) is 22.9 Å². The quantitative estimate of drug-likeness (QED) is 0.859. The van der Waals surface area contributed by atoms with Crippen LogP contribution in [0.2, 0.25) is 0 Å². The molecule has 1 aliphatic rings. The first-order valence-electron chi connectivity index (χ1n) is 6.74. The van der Waals surface area contributed by atoms with E-state index in [9.17, 15) is 0 Å². The Kier molecular flexibility index (Phi) is 4.12. The zero-order valence-corrected chi connectivity index (χ0v) is 13.2. The van der Waals surface area contributed by atoms with Crippen molar-refractivity contribution < 1.29 is 14.0 Å². The highest BCUT2D eigenvalue weighted by Gasteiger charge is 2.23. The zero-order chi connectivity index (χ0) is 14.8. The number of methoxy groups -OCH3 is 1. The summed E-state index contributed by atoms with van der Waals surface area (Å²) in [6, 6.07) is 3.70. The number of nitrogens with two attached hydrogens (primary N) is 1. The maximum Gasteiger partial charge on any atom is 0.240 e. The molecule has 0 spiro atoms. The Balaban J connectivity index is 1.89. The number of ether oxygens (including phenoxy) is 2. The highest BCUT2D eigenvalue weighted by Crippen LogP contribution is 2.39. The Labute approximate surface area is 130 Å². The van der Waals surface area contributed by atoms with E-state index >= 15 is 0 Å². The molecule has 1 aromatic carbocycles. The monoisotopic (exact) mass is 353 g/mol. The van der Waals surface area contributed by atoms with E-state index in [4.69, 9.17) is 19.7 Å². The molecule has 21 heavy (non-hydrogen) atoms. The van der Waals surface area contributed by atoms with E-state index < -0.39 is 0 Å². The third-order valence-corrected chi connectivity index (χ3v) is 3.96. The van der Waals surface area contributed by atoms with Crippen LogP contribution in [0.1, 0.15) is 18.7 Å². The summed E-state index contributed by atoms with van der Waals surface area (Å²) in [4.78, 5) is 4.22. The first-order chi connectivity index (χ1) is 10.2. The smallest absolute Gasteiger partial charge is 0.240 e. The molecule has 1 heterocycles. The lowest BCUT2D eigenvalue weighted by atomic mass is 10.2. The minimum atomic E-state index is 0.213. The summed E-state index contributed by atoms with van der Waals surface area (Å²) >= 11 is 3.51. The lowest BCUT2D eigenvalue weighted by molar-refractivity contribution is 0.280. The summed E-state index contributed by atoms with van der Waals surface area (Å²) in [5.74, 6) is 2.90. The number of benzene rings is 1. The molecule has 0 bridgehead atoms. The van der Waals surface area contributed by atoms with Crippen LogP contribution < -0.4 is 15.2 Å². The molecule has 6 nitrogen and oxygen atoms in total. The number of halogens is 1. The Morgan fingerprint density at radius 1 is 1.38 bits per heavy atom. The van der Waals surface area contributed by atoms with Crippen molar-refractivity contribution in [2.24, 2.45) is 11.7 Å². The van der Waals surface area contributed by atoms with Crippen molar-refractivity contribution in [2.45, 2.75) is 19.4 Å². The van der Waals surface area contributed by atoms with Crippen LogP contribution in [-0.4, -0.2) is 23.9 Å². The van der Waals surface area contributed by atoms with Gasteiger partial charge in [0.05, 0.1) is 20.3 Å². The molecule has 0 aliphatic heterocycles. The van der Waals surface area contributed by atoms with Gasteiger partial charge in [0, 0.05) is 10.0 Å². The van der Waals surface area contributed by atoms with Crippen molar-refractivity contribution in [1.29, 1.82) is 0 Å². The van der Waals surface area contributed by atoms with Crippen LogP contribution in [0.3, 0.4) is 0 Å². The topological polar surface area (TPSA) is 83.4 Å². The minimum absolute atomic E-state index is 0.213. The highest BCUT2D eigenvalue weighted by atomic mass is 79.9. The van der Waals surface area contributed by atoms with Gasteiger partial charge in [0.1, 0.15) is 0 Å². The first kappa shape index (κ1) is 14.3. The van der Waals surface area contributed by atoms with Crippen LogP contribution in [0.4, 0.5) is 0 Å². The van der Waals surface area contributed by atoms with E-state index in [1.54, 1.807) is 7.11 Å². The molecule has 0 radical (unpaired) electrons. The average molecular weight is 354 g/mol. The highest BCUT2D eigenvalue weighted by molar-refractivity contribution is 9.10.